The molecule has 7 nitrogen and oxygen atoms in total. The number of hydrogen-bond donors (Lipinski definition) is 0. The number of rotatable bonds is 8. The summed E-state index contributed by atoms with van der Waals surface area (Å²) in [5.74, 6) is 2.34. The summed E-state index contributed by atoms with van der Waals surface area (Å²) in [5.41, 5.74) is 6.25. The number of fused-ring (bicyclic) bond motifs is 2. The molecule has 0 amide bonds. The molecule has 36 heavy (non-hydrogen) atoms. The van der Waals surface area contributed by atoms with Gasteiger partial charge in [0.15, 0.2) is 17.3 Å². The second-order valence-electron chi connectivity index (χ2n) is 8.82. The van der Waals surface area contributed by atoms with Crippen LogP contribution < -0.4 is 14.4 Å². The minimum absolute atomic E-state index is 0.617. The summed E-state index contributed by atoms with van der Waals surface area (Å²) in [6.07, 6.45) is 4.84. The third kappa shape index (κ3) is 4.61. The molecule has 1 aliphatic heterocycles. The fourth-order valence-corrected chi connectivity index (χ4v) is 5.76. The molecule has 2 aromatic carbocycles. The van der Waals surface area contributed by atoms with Gasteiger partial charge < -0.3 is 14.4 Å². The minimum atomic E-state index is 0.617. The van der Waals surface area contributed by atoms with Gasteiger partial charge in [0.2, 0.25) is 0 Å². The smallest absolute Gasteiger partial charge is 0.171 e. The van der Waals surface area contributed by atoms with E-state index in [9.17, 15) is 0 Å². The van der Waals surface area contributed by atoms with Crippen molar-refractivity contribution < 1.29 is 9.47 Å². The van der Waals surface area contributed by atoms with Gasteiger partial charge in [0.25, 0.3) is 0 Å². The average molecular weight is 524 g/mol. The van der Waals surface area contributed by atoms with E-state index in [2.05, 4.69) is 44.0 Å². The molecule has 0 unspecified atom stereocenters. The molecule has 0 aliphatic carbocycles. The van der Waals surface area contributed by atoms with Crippen LogP contribution in [0.1, 0.15) is 11.1 Å². The first kappa shape index (κ1) is 24.7. The van der Waals surface area contributed by atoms with E-state index in [0.717, 1.165) is 66.6 Å². The molecule has 0 radical (unpaired) electrons. The van der Waals surface area contributed by atoms with Gasteiger partial charge in [0, 0.05) is 45.7 Å². The van der Waals surface area contributed by atoms with Gasteiger partial charge in [-0.05, 0) is 59.8 Å². The number of likely N-dealkylation sites (N-methyl/N-ethyl adjacent to an activating group) is 1. The number of imidazole rings is 1. The number of aromatic nitrogens is 3. The van der Waals surface area contributed by atoms with Crippen molar-refractivity contribution in [2.75, 3.05) is 52.1 Å². The largest absolute Gasteiger partial charge is 0.493 e. The van der Waals surface area contributed by atoms with Crippen molar-refractivity contribution in [3.63, 3.8) is 0 Å². The molecule has 9 heteroatoms. The Bertz CT molecular complexity index is 1390. The zero-order valence-corrected chi connectivity index (χ0v) is 22.6. The lowest BCUT2D eigenvalue weighted by Gasteiger charge is -2.31. The fourth-order valence-electron chi connectivity index (χ4n) is 4.77. The van der Waals surface area contributed by atoms with Crippen LogP contribution >= 0.6 is 23.5 Å². The van der Waals surface area contributed by atoms with Crippen LogP contribution in [0.2, 0.25) is 5.02 Å². The van der Waals surface area contributed by atoms with E-state index >= 15 is 0 Å². The van der Waals surface area contributed by atoms with E-state index in [4.69, 9.17) is 26.1 Å². The second-order valence-corrected chi connectivity index (χ2v) is 9.93. The van der Waals surface area contributed by atoms with Gasteiger partial charge in [0.05, 0.1) is 36.0 Å². The predicted octanol–water partition coefficient (Wildman–Crippen LogP) is 5.39. The van der Waals surface area contributed by atoms with Crippen LogP contribution in [-0.2, 0) is 13.0 Å². The number of para-hydroxylation sites is 2. The Hall–Kier alpha value is -2.94. The summed E-state index contributed by atoms with van der Waals surface area (Å²) >= 11 is 8.54. The topological polar surface area (TPSA) is 55.7 Å². The SMILES string of the molecule is COc1cc2c(cc1OC)CN(CCN(C)c1ccnc(-c3nc4ccccc4n3SC)c1Cl)CC2. The van der Waals surface area contributed by atoms with Gasteiger partial charge in [-0.3, -0.25) is 13.9 Å². The van der Waals surface area contributed by atoms with Crippen LogP contribution in [0.25, 0.3) is 22.6 Å². The van der Waals surface area contributed by atoms with Crippen LogP contribution in [0, 0.1) is 0 Å². The van der Waals surface area contributed by atoms with Crippen molar-refractivity contribution in [3.05, 3.63) is 64.8 Å². The van der Waals surface area contributed by atoms with E-state index in [1.54, 1.807) is 26.2 Å². The number of benzene rings is 2. The molecular weight excluding hydrogens is 494 g/mol. The maximum absolute atomic E-state index is 6.94. The highest BCUT2D eigenvalue weighted by Crippen LogP contribution is 2.36. The van der Waals surface area contributed by atoms with E-state index in [0.29, 0.717) is 10.7 Å². The first-order valence-corrected chi connectivity index (χ1v) is 13.4. The van der Waals surface area contributed by atoms with Crippen molar-refractivity contribution in [1.82, 2.24) is 18.8 Å². The molecule has 0 saturated carbocycles. The fraction of sp³-hybridized carbons (Fsp3) is 0.333. The molecule has 0 bridgehead atoms. The average Bonchev–Trinajstić information content (AvgIpc) is 3.29. The number of nitrogens with zero attached hydrogens (tertiary/aromatic N) is 5. The molecule has 5 rings (SSSR count). The number of anilines is 1. The number of methoxy groups -OCH3 is 2. The normalized spacial score (nSPS) is 13.6. The highest BCUT2D eigenvalue weighted by atomic mass is 35.5. The van der Waals surface area contributed by atoms with Crippen LogP contribution in [0.15, 0.2) is 48.7 Å². The lowest BCUT2D eigenvalue weighted by molar-refractivity contribution is 0.258. The molecule has 0 fully saturated rings. The molecule has 0 atom stereocenters. The number of halogens is 1. The predicted molar refractivity (Wildman–Crippen MR) is 149 cm³/mol. The molecule has 2 aromatic heterocycles. The van der Waals surface area contributed by atoms with Crippen LogP contribution in [0.4, 0.5) is 5.69 Å². The van der Waals surface area contributed by atoms with Crippen molar-refractivity contribution in [3.8, 4) is 23.0 Å². The van der Waals surface area contributed by atoms with Gasteiger partial charge in [-0.15, -0.1) is 0 Å². The quantitative estimate of drug-likeness (QED) is 0.307. The lowest BCUT2D eigenvalue weighted by atomic mass is 9.99. The van der Waals surface area contributed by atoms with Crippen LogP contribution in [0.5, 0.6) is 11.5 Å². The van der Waals surface area contributed by atoms with Gasteiger partial charge in [-0.1, -0.05) is 23.7 Å². The monoisotopic (exact) mass is 523 g/mol. The Labute approximate surface area is 221 Å². The molecule has 188 valence electrons. The maximum Gasteiger partial charge on any atom is 0.171 e. The summed E-state index contributed by atoms with van der Waals surface area (Å²) < 4.78 is 13.1. The van der Waals surface area contributed by atoms with Gasteiger partial charge in [0.1, 0.15) is 5.69 Å². The Kier molecular flexibility index (Phi) is 7.27. The van der Waals surface area contributed by atoms with Crippen molar-refractivity contribution in [2.24, 2.45) is 0 Å². The summed E-state index contributed by atoms with van der Waals surface area (Å²) in [7, 11) is 5.44. The molecule has 3 heterocycles. The summed E-state index contributed by atoms with van der Waals surface area (Å²) in [6, 6.07) is 14.3. The van der Waals surface area contributed by atoms with E-state index < -0.39 is 0 Å². The van der Waals surface area contributed by atoms with E-state index in [-0.39, 0.29) is 0 Å². The summed E-state index contributed by atoms with van der Waals surface area (Å²) in [4.78, 5) is 14.1. The van der Waals surface area contributed by atoms with Gasteiger partial charge in [-0.2, -0.15) is 0 Å². The molecule has 0 N–H and O–H groups in total. The third-order valence-electron chi connectivity index (χ3n) is 6.74. The zero-order valence-electron chi connectivity index (χ0n) is 21.0. The number of pyridine rings is 1. The number of hydrogen-bond acceptors (Lipinski definition) is 7. The van der Waals surface area contributed by atoms with Gasteiger partial charge >= 0.3 is 0 Å². The maximum atomic E-state index is 6.94. The summed E-state index contributed by atoms with van der Waals surface area (Å²) in [6.45, 7) is 3.65. The standard InChI is InChI=1S/C27H30ClN5O2S/c1-31(13-14-32-12-10-18-15-23(34-2)24(35-3)16-19(18)17-32)22-9-11-29-26(25(22)28)27-30-20-7-5-6-8-21(20)33(27)36-4/h5-9,11,15-16H,10,12-14,17H2,1-4H3. The Morgan fingerprint density at radius 3 is 2.58 bits per heavy atom. The highest BCUT2D eigenvalue weighted by Gasteiger charge is 2.22. The third-order valence-corrected chi connectivity index (χ3v) is 7.85. The second kappa shape index (κ2) is 10.6. The van der Waals surface area contributed by atoms with Crippen molar-refractivity contribution in [1.29, 1.82) is 0 Å². The number of ether oxygens (including phenoxy) is 2. The first-order valence-electron chi connectivity index (χ1n) is 11.9. The Balaban J connectivity index is 1.33. The van der Waals surface area contributed by atoms with E-state index in [1.165, 1.54) is 11.1 Å². The molecular formula is C27H30ClN5O2S. The van der Waals surface area contributed by atoms with Crippen LogP contribution in [-0.4, -0.2) is 66.0 Å². The van der Waals surface area contributed by atoms with E-state index in [1.807, 2.05) is 36.7 Å². The highest BCUT2D eigenvalue weighted by molar-refractivity contribution is 7.97. The van der Waals surface area contributed by atoms with Gasteiger partial charge in [-0.25, -0.2) is 4.98 Å². The molecule has 4 aromatic rings. The summed E-state index contributed by atoms with van der Waals surface area (Å²) in [5, 5.41) is 0.617. The zero-order chi connectivity index (χ0) is 25.2. The lowest BCUT2D eigenvalue weighted by Crippen LogP contribution is -2.37. The first-order chi connectivity index (χ1) is 17.5. The van der Waals surface area contributed by atoms with Crippen LogP contribution in [0.3, 0.4) is 0 Å². The van der Waals surface area contributed by atoms with Crippen molar-refractivity contribution >= 4 is 40.3 Å². The molecule has 1 aliphatic rings. The Morgan fingerprint density at radius 1 is 1.08 bits per heavy atom. The minimum Gasteiger partial charge on any atom is -0.493 e. The van der Waals surface area contributed by atoms with Crippen molar-refractivity contribution in [2.45, 2.75) is 13.0 Å². The molecule has 0 spiro atoms. The molecule has 0 saturated heterocycles. The Morgan fingerprint density at radius 2 is 1.83 bits per heavy atom.